The van der Waals surface area contributed by atoms with E-state index in [-0.39, 0.29) is 0 Å². The van der Waals surface area contributed by atoms with Crippen LogP contribution in [0.3, 0.4) is 0 Å². The summed E-state index contributed by atoms with van der Waals surface area (Å²) in [5.74, 6) is 5.49. The second-order valence-corrected chi connectivity index (χ2v) is 7.23. The quantitative estimate of drug-likeness (QED) is 0.443. The SMILES string of the molecule is C#CC1=CP(=C)(OC)SC1. The van der Waals surface area contributed by atoms with Gasteiger partial charge in [0.25, 0.3) is 0 Å². The predicted octanol–water partition coefficient (Wildman–Crippen LogP) is 2.18. The van der Waals surface area contributed by atoms with Crippen molar-refractivity contribution in [1.29, 1.82) is 0 Å². The zero-order chi connectivity index (χ0) is 7.61. The van der Waals surface area contributed by atoms with Gasteiger partial charge in [0.1, 0.15) is 0 Å². The maximum Gasteiger partial charge on any atom is 0.0743 e. The van der Waals surface area contributed by atoms with Crippen LogP contribution in [-0.2, 0) is 4.52 Å². The Balaban J connectivity index is 2.84. The van der Waals surface area contributed by atoms with E-state index in [9.17, 15) is 0 Å². The summed E-state index contributed by atoms with van der Waals surface area (Å²) in [6.45, 7) is 0. The maximum absolute atomic E-state index is 5.22. The molecule has 0 N–H and O–H groups in total. The average Bonchev–Trinajstić information content (AvgIpc) is 2.33. The van der Waals surface area contributed by atoms with Crippen molar-refractivity contribution < 1.29 is 4.52 Å². The largest absolute Gasteiger partial charge is 0.351 e. The summed E-state index contributed by atoms with van der Waals surface area (Å²) in [5, 5.41) is 0. The van der Waals surface area contributed by atoms with Crippen molar-refractivity contribution in [3.05, 3.63) is 11.4 Å². The zero-order valence-electron chi connectivity index (χ0n) is 5.83. The lowest BCUT2D eigenvalue weighted by molar-refractivity contribution is 0.475. The highest BCUT2D eigenvalue weighted by molar-refractivity contribution is 8.61. The lowest BCUT2D eigenvalue weighted by Crippen LogP contribution is -1.71. The summed E-state index contributed by atoms with van der Waals surface area (Å²) in [6.07, 6.45) is 7.67. The highest BCUT2D eigenvalue weighted by atomic mass is 32.7. The first-order valence-electron chi connectivity index (χ1n) is 2.82. The van der Waals surface area contributed by atoms with E-state index in [0.29, 0.717) is 0 Å². The molecule has 0 fully saturated rings. The molecule has 0 saturated carbocycles. The fourth-order valence-electron chi connectivity index (χ4n) is 0.675. The van der Waals surface area contributed by atoms with Gasteiger partial charge in [-0.05, 0) is 5.82 Å². The molecule has 0 radical (unpaired) electrons. The molecule has 0 aromatic heterocycles. The average molecular weight is 172 g/mol. The molecule has 1 aliphatic rings. The van der Waals surface area contributed by atoms with E-state index in [0.717, 1.165) is 11.3 Å². The molecule has 0 aromatic rings. The van der Waals surface area contributed by atoms with Gasteiger partial charge < -0.3 is 4.52 Å². The van der Waals surface area contributed by atoms with Gasteiger partial charge >= 0.3 is 0 Å². The number of hydrogen-bond acceptors (Lipinski definition) is 2. The Morgan fingerprint density at radius 3 is 3.00 bits per heavy atom. The molecule has 1 aliphatic heterocycles. The summed E-state index contributed by atoms with van der Waals surface area (Å²) in [4.78, 5) is 0. The second-order valence-electron chi connectivity index (χ2n) is 1.98. The van der Waals surface area contributed by atoms with E-state index in [1.807, 2.05) is 5.82 Å². The van der Waals surface area contributed by atoms with Crippen molar-refractivity contribution in [3.63, 3.8) is 0 Å². The second kappa shape index (κ2) is 2.88. The van der Waals surface area contributed by atoms with Crippen molar-refractivity contribution in [2.24, 2.45) is 0 Å². The highest BCUT2D eigenvalue weighted by Crippen LogP contribution is 2.64. The Bertz CT molecular complexity index is 249. The van der Waals surface area contributed by atoms with Crippen LogP contribution in [0, 0.1) is 12.3 Å². The van der Waals surface area contributed by atoms with Crippen LogP contribution in [0.25, 0.3) is 0 Å². The van der Waals surface area contributed by atoms with Gasteiger partial charge in [-0.1, -0.05) is 23.6 Å². The van der Waals surface area contributed by atoms with Crippen LogP contribution in [0.5, 0.6) is 0 Å². The van der Waals surface area contributed by atoms with Gasteiger partial charge in [-0.15, -0.1) is 6.42 Å². The molecule has 0 saturated heterocycles. The van der Waals surface area contributed by atoms with Gasteiger partial charge in [-0.3, -0.25) is 0 Å². The summed E-state index contributed by atoms with van der Waals surface area (Å²) in [5.41, 5.74) is 1.02. The first-order valence-corrected chi connectivity index (χ1v) is 6.37. The molecule has 0 spiro atoms. The summed E-state index contributed by atoms with van der Waals surface area (Å²) in [6, 6.07) is 0. The van der Waals surface area contributed by atoms with Gasteiger partial charge in [0, 0.05) is 18.4 Å². The Hall–Kier alpha value is -0.0900. The van der Waals surface area contributed by atoms with Gasteiger partial charge in [0.05, 0.1) is 6.31 Å². The van der Waals surface area contributed by atoms with Crippen LogP contribution >= 0.6 is 17.7 Å². The Morgan fingerprint density at radius 2 is 2.70 bits per heavy atom. The van der Waals surface area contributed by atoms with E-state index in [1.165, 1.54) is 0 Å². The number of rotatable bonds is 1. The van der Waals surface area contributed by atoms with E-state index < -0.39 is 6.31 Å². The van der Waals surface area contributed by atoms with Gasteiger partial charge in [0.2, 0.25) is 0 Å². The van der Waals surface area contributed by atoms with Crippen LogP contribution in [0.2, 0.25) is 0 Å². The molecule has 0 bridgehead atoms. The van der Waals surface area contributed by atoms with Crippen LogP contribution in [0.15, 0.2) is 11.4 Å². The molecule has 1 atom stereocenters. The molecule has 0 aromatic carbocycles. The van der Waals surface area contributed by atoms with E-state index in [4.69, 9.17) is 10.9 Å². The molecule has 1 heterocycles. The fourth-order valence-corrected chi connectivity index (χ4v) is 4.24. The van der Waals surface area contributed by atoms with Crippen molar-refractivity contribution in [3.8, 4) is 12.3 Å². The molecule has 1 unspecified atom stereocenters. The van der Waals surface area contributed by atoms with Crippen molar-refractivity contribution >= 4 is 24.0 Å². The van der Waals surface area contributed by atoms with Crippen LogP contribution in [0.4, 0.5) is 0 Å². The monoisotopic (exact) mass is 172 g/mol. The third-order valence-electron chi connectivity index (χ3n) is 1.29. The van der Waals surface area contributed by atoms with Crippen molar-refractivity contribution in [2.45, 2.75) is 0 Å². The van der Waals surface area contributed by atoms with Crippen molar-refractivity contribution in [1.82, 2.24) is 0 Å². The van der Waals surface area contributed by atoms with Crippen LogP contribution in [0.1, 0.15) is 0 Å². The van der Waals surface area contributed by atoms with Crippen molar-refractivity contribution in [2.75, 3.05) is 12.9 Å². The minimum absolute atomic E-state index is 0.890. The normalized spacial score (nSPS) is 31.4. The van der Waals surface area contributed by atoms with E-state index in [1.54, 1.807) is 18.5 Å². The number of hydrogen-bond donors (Lipinski definition) is 0. The molecular formula is C7H9OPS. The third-order valence-corrected chi connectivity index (χ3v) is 5.95. The standard InChI is InChI=1S/C7H9OPS/c1-4-7-5-9(3,8-2)10-6-7/h1,5H,3,6H2,2H3. The molecule has 1 rings (SSSR count). The molecule has 54 valence electrons. The van der Waals surface area contributed by atoms with Crippen LogP contribution in [-0.4, -0.2) is 19.2 Å². The molecule has 0 amide bonds. The zero-order valence-corrected chi connectivity index (χ0v) is 7.54. The summed E-state index contributed by atoms with van der Waals surface area (Å²) < 4.78 is 5.22. The molecular weight excluding hydrogens is 163 g/mol. The third kappa shape index (κ3) is 1.49. The predicted molar refractivity (Wildman–Crippen MR) is 50.4 cm³/mol. The molecule has 3 heteroatoms. The van der Waals surface area contributed by atoms with E-state index >= 15 is 0 Å². The van der Waals surface area contributed by atoms with E-state index in [2.05, 4.69) is 12.2 Å². The van der Waals surface area contributed by atoms with Gasteiger partial charge in [0.15, 0.2) is 0 Å². The maximum atomic E-state index is 5.22. The lowest BCUT2D eigenvalue weighted by atomic mass is 10.4. The Kier molecular flexibility index (Phi) is 2.31. The van der Waals surface area contributed by atoms with Crippen LogP contribution < -0.4 is 0 Å². The minimum atomic E-state index is -1.51. The van der Waals surface area contributed by atoms with Gasteiger partial charge in [-0.2, -0.15) is 0 Å². The molecule has 10 heavy (non-hydrogen) atoms. The highest BCUT2D eigenvalue weighted by Gasteiger charge is 2.18. The Morgan fingerprint density at radius 1 is 2.00 bits per heavy atom. The Labute approximate surface area is 65.6 Å². The fraction of sp³-hybridized carbons (Fsp3) is 0.286. The number of terminal acetylenes is 1. The first-order chi connectivity index (χ1) is 4.70. The topological polar surface area (TPSA) is 9.23 Å². The smallest absolute Gasteiger partial charge is 0.0743 e. The van der Waals surface area contributed by atoms with Gasteiger partial charge in [-0.25, -0.2) is 0 Å². The summed E-state index contributed by atoms with van der Waals surface area (Å²) in [7, 11) is 1.68. The minimum Gasteiger partial charge on any atom is -0.351 e. The molecule has 0 aliphatic carbocycles. The molecule has 1 nitrogen and oxygen atoms in total. The first kappa shape index (κ1) is 8.01. The lowest BCUT2D eigenvalue weighted by Gasteiger charge is -2.09. The summed E-state index contributed by atoms with van der Waals surface area (Å²) >= 11 is 1.72.